The molecular weight excluding hydrogens is 178 g/mol. The van der Waals surface area contributed by atoms with E-state index in [2.05, 4.69) is 16.6 Å². The van der Waals surface area contributed by atoms with Gasteiger partial charge in [0, 0.05) is 37.4 Å². The van der Waals surface area contributed by atoms with E-state index in [9.17, 15) is 0 Å². The summed E-state index contributed by atoms with van der Waals surface area (Å²) in [5.74, 6) is 0.650. The van der Waals surface area contributed by atoms with Crippen molar-refractivity contribution in [2.24, 2.45) is 5.92 Å². The molecule has 0 amide bonds. The van der Waals surface area contributed by atoms with E-state index in [1.165, 1.54) is 12.0 Å². The van der Waals surface area contributed by atoms with Gasteiger partial charge in [-0.25, -0.2) is 0 Å². The van der Waals surface area contributed by atoms with Gasteiger partial charge in [-0.3, -0.25) is 4.68 Å². The molecule has 1 saturated heterocycles. The maximum absolute atomic E-state index is 5.33. The molecular formula is C10H17N3O. The van der Waals surface area contributed by atoms with Crippen LogP contribution in [0, 0.1) is 5.92 Å². The monoisotopic (exact) mass is 195 g/mol. The molecule has 4 heteroatoms. The minimum atomic E-state index is 0.650. The average Bonchev–Trinajstić information content (AvgIpc) is 2.79. The highest BCUT2D eigenvalue weighted by atomic mass is 16.5. The smallest absolute Gasteiger partial charge is 0.0534 e. The number of aromatic nitrogens is 2. The molecule has 1 aromatic rings. The first-order valence-electron chi connectivity index (χ1n) is 5.12. The average molecular weight is 195 g/mol. The summed E-state index contributed by atoms with van der Waals surface area (Å²) in [5, 5.41) is 7.43. The second-order valence-electron chi connectivity index (χ2n) is 3.83. The number of ether oxygens (including phenoxy) is 1. The molecule has 0 aliphatic carbocycles. The van der Waals surface area contributed by atoms with Crippen LogP contribution in [0.1, 0.15) is 12.0 Å². The van der Waals surface area contributed by atoms with E-state index in [0.29, 0.717) is 5.92 Å². The van der Waals surface area contributed by atoms with Crippen LogP contribution < -0.4 is 5.32 Å². The molecule has 78 valence electrons. The van der Waals surface area contributed by atoms with Gasteiger partial charge in [0.05, 0.1) is 12.8 Å². The zero-order valence-corrected chi connectivity index (χ0v) is 8.57. The lowest BCUT2D eigenvalue weighted by molar-refractivity contribution is 0.181. The molecule has 2 rings (SSSR count). The van der Waals surface area contributed by atoms with Crippen molar-refractivity contribution >= 4 is 0 Å². The van der Waals surface area contributed by atoms with Gasteiger partial charge < -0.3 is 10.1 Å². The lowest BCUT2D eigenvalue weighted by Gasteiger charge is -2.06. The zero-order chi connectivity index (χ0) is 9.80. The minimum absolute atomic E-state index is 0.650. The third-order valence-corrected chi connectivity index (χ3v) is 2.54. The normalized spacial score (nSPS) is 21.6. The predicted molar refractivity (Wildman–Crippen MR) is 53.9 cm³/mol. The predicted octanol–water partition coefficient (Wildman–Crippen LogP) is 0.639. The molecule has 0 aromatic carbocycles. The van der Waals surface area contributed by atoms with E-state index >= 15 is 0 Å². The number of rotatable bonds is 4. The summed E-state index contributed by atoms with van der Waals surface area (Å²) >= 11 is 0. The van der Waals surface area contributed by atoms with Gasteiger partial charge in [0.25, 0.3) is 0 Å². The quantitative estimate of drug-likeness (QED) is 0.766. The van der Waals surface area contributed by atoms with Crippen molar-refractivity contribution in [2.75, 3.05) is 20.3 Å². The Balaban J connectivity index is 1.88. The SMILES string of the molecule is CNCc1cnn(CC2CCOC2)c1. The lowest BCUT2D eigenvalue weighted by atomic mass is 10.1. The van der Waals surface area contributed by atoms with Crippen molar-refractivity contribution in [1.82, 2.24) is 15.1 Å². The Morgan fingerprint density at radius 1 is 1.71 bits per heavy atom. The Morgan fingerprint density at radius 2 is 2.64 bits per heavy atom. The van der Waals surface area contributed by atoms with Gasteiger partial charge in [-0.15, -0.1) is 0 Å². The summed E-state index contributed by atoms with van der Waals surface area (Å²) in [7, 11) is 1.95. The topological polar surface area (TPSA) is 39.1 Å². The van der Waals surface area contributed by atoms with Crippen molar-refractivity contribution in [1.29, 1.82) is 0 Å². The molecule has 0 bridgehead atoms. The van der Waals surface area contributed by atoms with Crippen molar-refractivity contribution in [2.45, 2.75) is 19.5 Å². The van der Waals surface area contributed by atoms with E-state index in [4.69, 9.17) is 4.74 Å². The van der Waals surface area contributed by atoms with Gasteiger partial charge in [-0.2, -0.15) is 5.10 Å². The van der Waals surface area contributed by atoms with Gasteiger partial charge >= 0.3 is 0 Å². The largest absolute Gasteiger partial charge is 0.381 e. The summed E-state index contributed by atoms with van der Waals surface area (Å²) in [4.78, 5) is 0. The maximum atomic E-state index is 5.33. The molecule has 1 aromatic heterocycles. The maximum Gasteiger partial charge on any atom is 0.0534 e. The molecule has 1 N–H and O–H groups in total. The highest BCUT2D eigenvalue weighted by molar-refractivity contribution is 5.03. The van der Waals surface area contributed by atoms with Crippen LogP contribution in [0.5, 0.6) is 0 Å². The fraction of sp³-hybridized carbons (Fsp3) is 0.700. The van der Waals surface area contributed by atoms with Gasteiger partial charge in [0.1, 0.15) is 0 Å². The zero-order valence-electron chi connectivity index (χ0n) is 8.57. The number of hydrogen-bond acceptors (Lipinski definition) is 3. The van der Waals surface area contributed by atoms with E-state index in [-0.39, 0.29) is 0 Å². The molecule has 4 nitrogen and oxygen atoms in total. The molecule has 2 heterocycles. The first-order valence-corrected chi connectivity index (χ1v) is 5.12. The highest BCUT2D eigenvalue weighted by Crippen LogP contribution is 2.14. The number of hydrogen-bond donors (Lipinski definition) is 1. The lowest BCUT2D eigenvalue weighted by Crippen LogP contribution is -2.11. The van der Waals surface area contributed by atoms with E-state index in [0.717, 1.165) is 26.3 Å². The molecule has 1 fully saturated rings. The van der Waals surface area contributed by atoms with Gasteiger partial charge in [-0.05, 0) is 13.5 Å². The Bertz CT molecular complexity index is 279. The Labute approximate surface area is 84.3 Å². The molecule has 0 spiro atoms. The Morgan fingerprint density at radius 3 is 3.36 bits per heavy atom. The van der Waals surface area contributed by atoms with E-state index < -0.39 is 0 Å². The number of nitrogens with zero attached hydrogens (tertiary/aromatic N) is 2. The van der Waals surface area contributed by atoms with Crippen LogP contribution in [0.25, 0.3) is 0 Å². The van der Waals surface area contributed by atoms with Gasteiger partial charge in [0.15, 0.2) is 0 Å². The van der Waals surface area contributed by atoms with Crippen LogP contribution in [0.2, 0.25) is 0 Å². The van der Waals surface area contributed by atoms with E-state index in [1.807, 2.05) is 17.9 Å². The van der Waals surface area contributed by atoms with Crippen molar-refractivity contribution < 1.29 is 4.74 Å². The third-order valence-electron chi connectivity index (χ3n) is 2.54. The second-order valence-corrected chi connectivity index (χ2v) is 3.83. The molecule has 1 aliphatic heterocycles. The summed E-state index contributed by atoms with van der Waals surface area (Å²) < 4.78 is 7.35. The highest BCUT2D eigenvalue weighted by Gasteiger charge is 2.16. The van der Waals surface area contributed by atoms with Crippen LogP contribution in [-0.4, -0.2) is 30.0 Å². The molecule has 1 aliphatic rings. The van der Waals surface area contributed by atoms with Crippen LogP contribution in [0.15, 0.2) is 12.4 Å². The summed E-state index contributed by atoms with van der Waals surface area (Å²) in [6, 6.07) is 0. The van der Waals surface area contributed by atoms with Crippen molar-refractivity contribution in [3.05, 3.63) is 18.0 Å². The number of nitrogens with one attached hydrogen (secondary N) is 1. The molecule has 0 radical (unpaired) electrons. The molecule has 1 atom stereocenters. The molecule has 1 unspecified atom stereocenters. The minimum Gasteiger partial charge on any atom is -0.381 e. The van der Waals surface area contributed by atoms with Gasteiger partial charge in [-0.1, -0.05) is 0 Å². The van der Waals surface area contributed by atoms with Crippen LogP contribution >= 0.6 is 0 Å². The van der Waals surface area contributed by atoms with Crippen LogP contribution in [0.4, 0.5) is 0 Å². The fourth-order valence-electron chi connectivity index (χ4n) is 1.79. The van der Waals surface area contributed by atoms with Crippen LogP contribution in [-0.2, 0) is 17.8 Å². The Hall–Kier alpha value is -0.870. The van der Waals surface area contributed by atoms with Gasteiger partial charge in [0.2, 0.25) is 0 Å². The molecule has 14 heavy (non-hydrogen) atoms. The van der Waals surface area contributed by atoms with Crippen molar-refractivity contribution in [3.8, 4) is 0 Å². The van der Waals surface area contributed by atoms with Crippen LogP contribution in [0.3, 0.4) is 0 Å². The Kier molecular flexibility index (Phi) is 3.16. The molecule has 0 saturated carbocycles. The second kappa shape index (κ2) is 4.57. The summed E-state index contributed by atoms with van der Waals surface area (Å²) in [6.07, 6.45) is 5.20. The fourth-order valence-corrected chi connectivity index (χ4v) is 1.79. The summed E-state index contributed by atoms with van der Waals surface area (Å²) in [6.45, 7) is 3.68. The third kappa shape index (κ3) is 2.33. The first kappa shape index (κ1) is 9.68. The first-order chi connectivity index (χ1) is 6.88. The van der Waals surface area contributed by atoms with E-state index in [1.54, 1.807) is 0 Å². The standard InChI is InChI=1S/C10H17N3O/c1-11-4-10-5-12-13(7-10)6-9-2-3-14-8-9/h5,7,9,11H,2-4,6,8H2,1H3. The van der Waals surface area contributed by atoms with Crippen molar-refractivity contribution in [3.63, 3.8) is 0 Å². The summed E-state index contributed by atoms with van der Waals surface area (Å²) in [5.41, 5.74) is 1.24.